The minimum Gasteiger partial charge on any atom is -0.480 e. The molecule has 0 fully saturated rings. The maximum absolute atomic E-state index is 11.7. The molecule has 0 radical (unpaired) electrons. The highest BCUT2D eigenvalue weighted by Crippen LogP contribution is 1.98. The second-order valence-electron chi connectivity index (χ2n) is 4.77. The van der Waals surface area contributed by atoms with Crippen molar-refractivity contribution in [2.24, 2.45) is 11.7 Å². The minimum atomic E-state index is -1.33. The van der Waals surface area contributed by atoms with Crippen LogP contribution in [0.4, 0.5) is 0 Å². The summed E-state index contributed by atoms with van der Waals surface area (Å²) < 4.78 is 4.30. The second kappa shape index (κ2) is 9.50. The lowest BCUT2D eigenvalue weighted by Crippen LogP contribution is -2.53. The van der Waals surface area contributed by atoms with Crippen molar-refractivity contribution in [3.05, 3.63) is 12.2 Å². The fourth-order valence-corrected chi connectivity index (χ4v) is 1.24. The summed E-state index contributed by atoms with van der Waals surface area (Å²) in [6, 6.07) is -2.18. The van der Waals surface area contributed by atoms with Crippen molar-refractivity contribution in [2.75, 3.05) is 13.7 Å². The van der Waals surface area contributed by atoms with Gasteiger partial charge in [-0.15, -0.1) is 0 Å². The Morgan fingerprint density at radius 2 is 1.82 bits per heavy atom. The maximum Gasteiger partial charge on any atom is 0.330 e. The number of nitrogens with one attached hydrogen (secondary N) is 2. The molecule has 0 saturated carbocycles. The number of esters is 1. The first-order valence-corrected chi connectivity index (χ1v) is 6.51. The Balaban J connectivity index is 4.52. The topological polar surface area (TPSA) is 148 Å². The number of carbonyl (C=O) groups is 4. The third-order valence-corrected chi connectivity index (χ3v) is 2.69. The largest absolute Gasteiger partial charge is 0.480 e. The fourth-order valence-electron chi connectivity index (χ4n) is 1.24. The summed E-state index contributed by atoms with van der Waals surface area (Å²) in [6.45, 7) is 3.09. The number of aliphatic carboxylic acids is 1. The molecule has 0 rings (SSSR count). The predicted molar refractivity (Wildman–Crippen MR) is 76.5 cm³/mol. The van der Waals surface area contributed by atoms with Crippen LogP contribution in [-0.2, 0) is 23.9 Å². The van der Waals surface area contributed by atoms with Crippen LogP contribution in [0, 0.1) is 5.92 Å². The van der Waals surface area contributed by atoms with Gasteiger partial charge in [-0.05, 0) is 5.92 Å². The Labute approximate surface area is 127 Å². The molecule has 5 N–H and O–H groups in total. The first kappa shape index (κ1) is 19.6. The SMILES string of the molecule is COC(=O)/C=C\C(=O)NC[C@H](NC(=O)[C@@H](N)C(C)C)C(=O)O. The maximum atomic E-state index is 11.7. The average Bonchev–Trinajstić information content (AvgIpc) is 2.47. The summed E-state index contributed by atoms with van der Waals surface area (Å²) in [4.78, 5) is 44.9. The lowest BCUT2D eigenvalue weighted by molar-refractivity contribution is -0.142. The van der Waals surface area contributed by atoms with Crippen LogP contribution in [0.2, 0.25) is 0 Å². The molecule has 9 nitrogen and oxygen atoms in total. The Morgan fingerprint density at radius 3 is 2.27 bits per heavy atom. The molecule has 0 unspecified atom stereocenters. The third-order valence-electron chi connectivity index (χ3n) is 2.69. The van der Waals surface area contributed by atoms with Crippen LogP contribution in [0.15, 0.2) is 12.2 Å². The first-order chi connectivity index (χ1) is 10.2. The van der Waals surface area contributed by atoms with Gasteiger partial charge in [-0.25, -0.2) is 9.59 Å². The molecule has 0 bridgehead atoms. The molecule has 0 aliphatic rings. The molecule has 2 atom stereocenters. The monoisotopic (exact) mass is 315 g/mol. The summed E-state index contributed by atoms with van der Waals surface area (Å²) in [5, 5.41) is 13.5. The molecule has 0 saturated heterocycles. The van der Waals surface area contributed by atoms with Crippen LogP contribution in [0.3, 0.4) is 0 Å². The van der Waals surface area contributed by atoms with Gasteiger partial charge in [0.25, 0.3) is 0 Å². The summed E-state index contributed by atoms with van der Waals surface area (Å²) in [5.74, 6) is -3.52. The fraction of sp³-hybridized carbons (Fsp3) is 0.538. The van der Waals surface area contributed by atoms with Crippen molar-refractivity contribution >= 4 is 23.8 Å². The number of carboxylic acid groups (broad SMARTS) is 1. The zero-order valence-electron chi connectivity index (χ0n) is 12.7. The Bertz CT molecular complexity index is 461. The molecule has 0 heterocycles. The van der Waals surface area contributed by atoms with E-state index >= 15 is 0 Å². The predicted octanol–water partition coefficient (Wildman–Crippen LogP) is -1.62. The molecule has 22 heavy (non-hydrogen) atoms. The number of nitrogens with two attached hydrogens (primary N) is 1. The van der Waals surface area contributed by atoms with Gasteiger partial charge in [-0.2, -0.15) is 0 Å². The van der Waals surface area contributed by atoms with Crippen LogP contribution >= 0.6 is 0 Å². The van der Waals surface area contributed by atoms with E-state index in [1.54, 1.807) is 13.8 Å². The van der Waals surface area contributed by atoms with Crippen molar-refractivity contribution in [1.29, 1.82) is 0 Å². The summed E-state index contributed by atoms with van der Waals surface area (Å²) in [5.41, 5.74) is 5.61. The van der Waals surface area contributed by atoms with Crippen molar-refractivity contribution in [1.82, 2.24) is 10.6 Å². The van der Waals surface area contributed by atoms with Crippen LogP contribution < -0.4 is 16.4 Å². The molecule has 124 valence electrons. The molecule has 0 aromatic carbocycles. The van der Waals surface area contributed by atoms with E-state index in [1.165, 1.54) is 0 Å². The quantitative estimate of drug-likeness (QED) is 0.311. The molecule has 0 aliphatic heterocycles. The van der Waals surface area contributed by atoms with E-state index < -0.39 is 35.8 Å². The molecule has 0 aromatic heterocycles. The Hall–Kier alpha value is -2.42. The van der Waals surface area contributed by atoms with E-state index in [9.17, 15) is 19.2 Å². The zero-order chi connectivity index (χ0) is 17.3. The summed E-state index contributed by atoms with van der Waals surface area (Å²) in [6.07, 6.45) is 1.78. The number of hydrogen-bond donors (Lipinski definition) is 4. The molecule has 0 aliphatic carbocycles. The molecule has 0 spiro atoms. The molecule has 9 heteroatoms. The average molecular weight is 315 g/mol. The Kier molecular flexibility index (Phi) is 8.46. The molecular weight excluding hydrogens is 294 g/mol. The normalized spacial score (nSPS) is 13.5. The van der Waals surface area contributed by atoms with E-state index in [4.69, 9.17) is 10.8 Å². The van der Waals surface area contributed by atoms with E-state index in [1.807, 2.05) is 0 Å². The van der Waals surface area contributed by atoms with Gasteiger partial charge < -0.3 is 26.2 Å². The van der Waals surface area contributed by atoms with Crippen molar-refractivity contribution in [3.8, 4) is 0 Å². The summed E-state index contributed by atoms with van der Waals surface area (Å²) in [7, 11) is 1.15. The summed E-state index contributed by atoms with van der Waals surface area (Å²) >= 11 is 0. The van der Waals surface area contributed by atoms with Crippen LogP contribution in [0.25, 0.3) is 0 Å². The van der Waals surface area contributed by atoms with E-state index in [2.05, 4.69) is 15.4 Å². The number of rotatable bonds is 8. The van der Waals surface area contributed by atoms with Gasteiger partial charge in [0.2, 0.25) is 11.8 Å². The van der Waals surface area contributed by atoms with E-state index in [0.29, 0.717) is 0 Å². The van der Waals surface area contributed by atoms with Crippen molar-refractivity contribution in [3.63, 3.8) is 0 Å². The molecular formula is C13H21N3O6. The van der Waals surface area contributed by atoms with Crippen LogP contribution in [0.5, 0.6) is 0 Å². The van der Waals surface area contributed by atoms with E-state index in [0.717, 1.165) is 19.3 Å². The number of hydrogen-bond acceptors (Lipinski definition) is 6. The zero-order valence-corrected chi connectivity index (χ0v) is 12.7. The van der Waals surface area contributed by atoms with Gasteiger partial charge in [0.15, 0.2) is 0 Å². The van der Waals surface area contributed by atoms with Gasteiger partial charge in [0.1, 0.15) is 6.04 Å². The number of ether oxygens (including phenoxy) is 1. The number of amides is 2. The molecule has 2 amide bonds. The lowest BCUT2D eigenvalue weighted by Gasteiger charge is -2.19. The van der Waals surface area contributed by atoms with Gasteiger partial charge in [0.05, 0.1) is 13.2 Å². The Morgan fingerprint density at radius 1 is 1.23 bits per heavy atom. The van der Waals surface area contributed by atoms with Crippen LogP contribution in [-0.4, -0.2) is 54.6 Å². The highest BCUT2D eigenvalue weighted by molar-refractivity contribution is 5.95. The van der Waals surface area contributed by atoms with Gasteiger partial charge >= 0.3 is 11.9 Å². The smallest absolute Gasteiger partial charge is 0.330 e. The highest BCUT2D eigenvalue weighted by Gasteiger charge is 2.24. The number of methoxy groups -OCH3 is 1. The lowest BCUT2D eigenvalue weighted by atomic mass is 10.0. The highest BCUT2D eigenvalue weighted by atomic mass is 16.5. The minimum absolute atomic E-state index is 0.160. The van der Waals surface area contributed by atoms with Gasteiger partial charge in [0, 0.05) is 18.7 Å². The van der Waals surface area contributed by atoms with Crippen molar-refractivity contribution < 1.29 is 29.0 Å². The van der Waals surface area contributed by atoms with Crippen molar-refractivity contribution in [2.45, 2.75) is 25.9 Å². The third kappa shape index (κ3) is 7.39. The molecule has 0 aromatic rings. The number of carboxylic acids is 1. The van der Waals surface area contributed by atoms with E-state index in [-0.39, 0.29) is 12.5 Å². The standard InChI is InChI=1S/C13H21N3O6/c1-7(2)11(14)12(19)16-8(13(20)21)6-15-9(17)4-5-10(18)22-3/h4-5,7-8,11H,6,14H2,1-3H3,(H,15,17)(H,16,19)(H,20,21)/b5-4-/t8-,11-/m0/s1. The van der Waals surface area contributed by atoms with Gasteiger partial charge in [-0.1, -0.05) is 13.8 Å². The van der Waals surface area contributed by atoms with Crippen LogP contribution in [0.1, 0.15) is 13.8 Å². The van der Waals surface area contributed by atoms with Gasteiger partial charge in [-0.3, -0.25) is 9.59 Å². The number of carbonyl (C=O) groups excluding carboxylic acids is 3. The first-order valence-electron chi connectivity index (χ1n) is 6.51. The second-order valence-corrected chi connectivity index (χ2v) is 4.77.